The first-order valence-corrected chi connectivity index (χ1v) is 11.3. The first-order chi connectivity index (χ1) is 16.2. The first kappa shape index (κ1) is 20.9. The van der Waals surface area contributed by atoms with Gasteiger partial charge in [0, 0.05) is 29.5 Å². The second-order valence-corrected chi connectivity index (χ2v) is 8.29. The molecule has 1 N–H and O–H groups in total. The van der Waals surface area contributed by atoms with Crippen LogP contribution in [0.5, 0.6) is 0 Å². The van der Waals surface area contributed by atoms with Crippen molar-refractivity contribution in [3.63, 3.8) is 0 Å². The Hall–Kier alpha value is -3.94. The smallest absolute Gasteiger partial charge is 0.278 e. The van der Waals surface area contributed by atoms with E-state index in [1.165, 1.54) is 0 Å². The van der Waals surface area contributed by atoms with Crippen molar-refractivity contribution in [3.05, 3.63) is 75.7 Å². The number of aromatic nitrogens is 6. The SMILES string of the molecule is CCCCc1c(Cc2ccc(-c3ccccc3-c3nn[nH]n3)cc2)c(=O)nc2n1C(C)C=N2. The molecule has 0 radical (unpaired) electrons. The van der Waals surface area contributed by atoms with Gasteiger partial charge >= 0.3 is 0 Å². The van der Waals surface area contributed by atoms with Gasteiger partial charge in [0.15, 0.2) is 0 Å². The van der Waals surface area contributed by atoms with E-state index in [1.807, 2.05) is 30.5 Å². The number of fused-ring (bicyclic) bond motifs is 1. The zero-order valence-corrected chi connectivity index (χ0v) is 18.7. The lowest BCUT2D eigenvalue weighted by Gasteiger charge is -2.18. The van der Waals surface area contributed by atoms with Gasteiger partial charge in [-0.3, -0.25) is 4.79 Å². The highest BCUT2D eigenvalue weighted by molar-refractivity contribution is 5.80. The number of hydrogen-bond donors (Lipinski definition) is 1. The molecule has 1 aliphatic heterocycles. The van der Waals surface area contributed by atoms with Gasteiger partial charge in [0.1, 0.15) is 0 Å². The van der Waals surface area contributed by atoms with Crippen LogP contribution in [0.2, 0.25) is 0 Å². The summed E-state index contributed by atoms with van der Waals surface area (Å²) in [6.07, 6.45) is 5.34. The van der Waals surface area contributed by atoms with Crippen LogP contribution in [0.15, 0.2) is 58.3 Å². The van der Waals surface area contributed by atoms with E-state index in [4.69, 9.17) is 0 Å². The fourth-order valence-electron chi connectivity index (χ4n) is 4.37. The van der Waals surface area contributed by atoms with Crippen LogP contribution >= 0.6 is 0 Å². The molecular weight excluding hydrogens is 414 g/mol. The summed E-state index contributed by atoms with van der Waals surface area (Å²) in [6, 6.07) is 16.4. The van der Waals surface area contributed by atoms with Crippen LogP contribution in [0.1, 0.15) is 49.6 Å². The highest BCUT2D eigenvalue weighted by atomic mass is 16.1. The summed E-state index contributed by atoms with van der Waals surface area (Å²) in [7, 11) is 0. The molecular formula is C25H25N7O. The van der Waals surface area contributed by atoms with E-state index in [9.17, 15) is 4.79 Å². The van der Waals surface area contributed by atoms with E-state index in [2.05, 4.69) is 73.3 Å². The van der Waals surface area contributed by atoms with Crippen LogP contribution in [0.25, 0.3) is 22.5 Å². The van der Waals surface area contributed by atoms with E-state index < -0.39 is 0 Å². The summed E-state index contributed by atoms with van der Waals surface area (Å²) < 4.78 is 2.11. The molecule has 0 saturated carbocycles. The molecule has 0 aliphatic carbocycles. The molecule has 2 aromatic carbocycles. The molecule has 0 saturated heterocycles. The quantitative estimate of drug-likeness (QED) is 0.463. The highest BCUT2D eigenvalue weighted by Crippen LogP contribution is 2.31. The Labute approximate surface area is 191 Å². The third-order valence-electron chi connectivity index (χ3n) is 6.05. The van der Waals surface area contributed by atoms with Crippen LogP contribution in [0.3, 0.4) is 0 Å². The summed E-state index contributed by atoms with van der Waals surface area (Å²) in [5.74, 6) is 1.08. The Morgan fingerprint density at radius 2 is 1.85 bits per heavy atom. The largest absolute Gasteiger partial charge is 0.306 e. The topological polar surface area (TPSA) is 102 Å². The standard InChI is InChI=1S/C25H25N7O/c1-3-4-9-22-21(24(33)27-25-26-15-16(2)32(22)25)14-17-10-12-18(13-11-17)19-7-5-6-8-20(19)23-28-30-31-29-23/h5-8,10-13,15-16H,3-4,9,14H2,1-2H3,(H,28,29,30,31). The predicted octanol–water partition coefficient (Wildman–Crippen LogP) is 4.30. The van der Waals surface area contributed by atoms with Crippen LogP contribution < -0.4 is 5.56 Å². The number of aliphatic imine (C=N–C) groups is 1. The van der Waals surface area contributed by atoms with Crippen LogP contribution in [0.4, 0.5) is 5.95 Å². The molecule has 1 aliphatic rings. The van der Waals surface area contributed by atoms with Gasteiger partial charge in [-0.2, -0.15) is 10.2 Å². The highest BCUT2D eigenvalue weighted by Gasteiger charge is 2.23. The van der Waals surface area contributed by atoms with Gasteiger partial charge in [0.05, 0.1) is 6.04 Å². The van der Waals surface area contributed by atoms with E-state index >= 15 is 0 Å². The summed E-state index contributed by atoms with van der Waals surface area (Å²) in [5, 5.41) is 14.4. The molecule has 1 atom stereocenters. The zero-order valence-electron chi connectivity index (χ0n) is 18.7. The minimum absolute atomic E-state index is 0.114. The Kier molecular flexibility index (Phi) is 5.64. The molecule has 3 heterocycles. The van der Waals surface area contributed by atoms with Crippen molar-refractivity contribution in [2.24, 2.45) is 4.99 Å². The number of tetrazole rings is 1. The van der Waals surface area contributed by atoms with Crippen molar-refractivity contribution in [1.82, 2.24) is 30.2 Å². The second kappa shape index (κ2) is 8.90. The number of nitrogens with zero attached hydrogens (tertiary/aromatic N) is 6. The molecule has 1 unspecified atom stereocenters. The van der Waals surface area contributed by atoms with Gasteiger partial charge in [0.25, 0.3) is 5.56 Å². The molecule has 0 amide bonds. The van der Waals surface area contributed by atoms with Crippen molar-refractivity contribution in [1.29, 1.82) is 0 Å². The monoisotopic (exact) mass is 439 g/mol. The van der Waals surface area contributed by atoms with Crippen molar-refractivity contribution in [2.75, 3.05) is 0 Å². The summed E-state index contributed by atoms with van der Waals surface area (Å²) in [4.78, 5) is 21.5. The third kappa shape index (κ3) is 4.00. The summed E-state index contributed by atoms with van der Waals surface area (Å²) in [5.41, 5.74) is 5.71. The van der Waals surface area contributed by atoms with Crippen LogP contribution in [0, 0.1) is 0 Å². The van der Waals surface area contributed by atoms with Crippen molar-refractivity contribution >= 4 is 12.2 Å². The second-order valence-electron chi connectivity index (χ2n) is 8.29. The van der Waals surface area contributed by atoms with Gasteiger partial charge in [-0.15, -0.1) is 10.2 Å². The normalized spacial score (nSPS) is 14.5. The Morgan fingerprint density at radius 1 is 1.06 bits per heavy atom. The summed E-state index contributed by atoms with van der Waals surface area (Å²) >= 11 is 0. The predicted molar refractivity (Wildman–Crippen MR) is 128 cm³/mol. The van der Waals surface area contributed by atoms with Crippen molar-refractivity contribution in [2.45, 2.75) is 45.6 Å². The lowest BCUT2D eigenvalue weighted by atomic mass is 9.96. The zero-order chi connectivity index (χ0) is 22.8. The maximum Gasteiger partial charge on any atom is 0.278 e. The lowest BCUT2D eigenvalue weighted by Crippen LogP contribution is -2.23. The van der Waals surface area contributed by atoms with E-state index in [1.54, 1.807) is 0 Å². The molecule has 8 nitrogen and oxygen atoms in total. The molecule has 5 rings (SSSR count). The minimum Gasteiger partial charge on any atom is -0.306 e. The Morgan fingerprint density at radius 3 is 2.58 bits per heavy atom. The van der Waals surface area contributed by atoms with Crippen LogP contribution in [-0.2, 0) is 12.8 Å². The molecule has 166 valence electrons. The van der Waals surface area contributed by atoms with Crippen molar-refractivity contribution < 1.29 is 0 Å². The lowest BCUT2D eigenvalue weighted by molar-refractivity contribution is 0.633. The molecule has 8 heteroatoms. The molecule has 0 spiro atoms. The average Bonchev–Trinajstić information content (AvgIpc) is 3.50. The van der Waals surface area contributed by atoms with E-state index in [-0.39, 0.29) is 11.6 Å². The number of hydrogen-bond acceptors (Lipinski definition) is 6. The number of unbranched alkanes of at least 4 members (excludes halogenated alkanes) is 1. The maximum atomic E-state index is 12.9. The van der Waals surface area contributed by atoms with Crippen LogP contribution in [-0.4, -0.2) is 36.4 Å². The number of aromatic amines is 1. The fraction of sp³-hybridized carbons (Fsp3) is 0.280. The van der Waals surface area contributed by atoms with E-state index in [0.717, 1.165) is 52.8 Å². The maximum absolute atomic E-state index is 12.9. The van der Waals surface area contributed by atoms with Gasteiger partial charge < -0.3 is 4.57 Å². The Balaban J connectivity index is 1.48. The third-order valence-corrected chi connectivity index (χ3v) is 6.05. The number of H-pyrrole nitrogens is 1. The number of rotatable bonds is 7. The first-order valence-electron chi connectivity index (χ1n) is 11.3. The molecule has 0 fully saturated rings. The number of nitrogens with one attached hydrogen (secondary N) is 1. The minimum atomic E-state index is -0.176. The molecule has 2 aromatic heterocycles. The molecule has 33 heavy (non-hydrogen) atoms. The van der Waals surface area contributed by atoms with Gasteiger partial charge in [-0.1, -0.05) is 61.9 Å². The summed E-state index contributed by atoms with van der Waals surface area (Å²) in [6.45, 7) is 4.25. The van der Waals surface area contributed by atoms with E-state index in [0.29, 0.717) is 18.2 Å². The Bertz CT molecular complexity index is 1350. The number of benzene rings is 2. The van der Waals surface area contributed by atoms with Gasteiger partial charge in [-0.05, 0) is 41.7 Å². The molecule has 4 aromatic rings. The average molecular weight is 440 g/mol. The molecule has 0 bridgehead atoms. The fourth-order valence-corrected chi connectivity index (χ4v) is 4.37. The van der Waals surface area contributed by atoms with Crippen molar-refractivity contribution in [3.8, 4) is 22.5 Å². The van der Waals surface area contributed by atoms with Gasteiger partial charge in [-0.25, -0.2) is 4.99 Å². The van der Waals surface area contributed by atoms with Gasteiger partial charge in [0.2, 0.25) is 11.8 Å².